The fourth-order valence-corrected chi connectivity index (χ4v) is 2.92. The van der Waals surface area contributed by atoms with Gasteiger partial charge in [-0.3, -0.25) is 0 Å². The summed E-state index contributed by atoms with van der Waals surface area (Å²) in [6, 6.07) is 1.54. The molecule has 0 saturated carbocycles. The molecule has 1 aliphatic carbocycles. The van der Waals surface area contributed by atoms with Crippen LogP contribution in [0.1, 0.15) is 45.4 Å². The number of piperidine rings is 1. The van der Waals surface area contributed by atoms with E-state index in [0.717, 1.165) is 12.1 Å². The standard InChI is InChI=1S/C14H26N2/c1-2-10-16-11-8-14(9-12-16)15-13-6-4-3-5-7-13/h3-4,13-15H,2,5-12H2,1H3. The number of rotatable bonds is 4. The van der Waals surface area contributed by atoms with Crippen molar-refractivity contribution >= 4 is 0 Å². The number of likely N-dealkylation sites (tertiary alicyclic amines) is 1. The summed E-state index contributed by atoms with van der Waals surface area (Å²) in [4.78, 5) is 2.61. The van der Waals surface area contributed by atoms with Crippen molar-refractivity contribution in [3.63, 3.8) is 0 Å². The Morgan fingerprint density at radius 2 is 1.94 bits per heavy atom. The van der Waals surface area contributed by atoms with Gasteiger partial charge in [0.05, 0.1) is 0 Å². The van der Waals surface area contributed by atoms with Gasteiger partial charge in [-0.25, -0.2) is 0 Å². The van der Waals surface area contributed by atoms with Gasteiger partial charge in [0.25, 0.3) is 0 Å². The molecule has 1 aliphatic heterocycles. The predicted octanol–water partition coefficient (Wildman–Crippen LogP) is 2.56. The molecule has 0 aromatic heterocycles. The zero-order valence-corrected chi connectivity index (χ0v) is 10.6. The second-order valence-corrected chi connectivity index (χ2v) is 5.26. The third kappa shape index (κ3) is 3.60. The number of hydrogen-bond donors (Lipinski definition) is 1. The van der Waals surface area contributed by atoms with Crippen LogP contribution in [0.4, 0.5) is 0 Å². The maximum absolute atomic E-state index is 3.84. The van der Waals surface area contributed by atoms with E-state index in [1.54, 1.807) is 0 Å². The van der Waals surface area contributed by atoms with Gasteiger partial charge in [0.1, 0.15) is 0 Å². The summed E-state index contributed by atoms with van der Waals surface area (Å²) in [5.41, 5.74) is 0. The average Bonchev–Trinajstić information content (AvgIpc) is 2.33. The molecule has 0 bridgehead atoms. The molecule has 2 heteroatoms. The van der Waals surface area contributed by atoms with Crippen LogP contribution in [0, 0.1) is 0 Å². The van der Waals surface area contributed by atoms with Crippen molar-refractivity contribution in [1.29, 1.82) is 0 Å². The molecule has 1 saturated heterocycles. The molecular formula is C14H26N2. The van der Waals surface area contributed by atoms with E-state index in [9.17, 15) is 0 Å². The second kappa shape index (κ2) is 6.41. The van der Waals surface area contributed by atoms with Crippen LogP contribution in [0.3, 0.4) is 0 Å². The van der Waals surface area contributed by atoms with Crippen LogP contribution in [0.5, 0.6) is 0 Å². The molecule has 16 heavy (non-hydrogen) atoms. The van der Waals surface area contributed by atoms with E-state index in [2.05, 4.69) is 29.3 Å². The van der Waals surface area contributed by atoms with Crippen molar-refractivity contribution in [3.05, 3.63) is 12.2 Å². The Hall–Kier alpha value is -0.340. The molecule has 2 nitrogen and oxygen atoms in total. The van der Waals surface area contributed by atoms with Crippen molar-refractivity contribution in [2.24, 2.45) is 0 Å². The molecule has 1 fully saturated rings. The fourth-order valence-electron chi connectivity index (χ4n) is 2.92. The Morgan fingerprint density at radius 3 is 2.56 bits per heavy atom. The van der Waals surface area contributed by atoms with Crippen molar-refractivity contribution < 1.29 is 0 Å². The third-order valence-corrected chi connectivity index (χ3v) is 3.87. The summed E-state index contributed by atoms with van der Waals surface area (Å²) in [6.07, 6.45) is 12.5. The van der Waals surface area contributed by atoms with Gasteiger partial charge >= 0.3 is 0 Å². The van der Waals surface area contributed by atoms with E-state index in [4.69, 9.17) is 0 Å². The van der Waals surface area contributed by atoms with E-state index in [0.29, 0.717) is 0 Å². The quantitative estimate of drug-likeness (QED) is 0.735. The fraction of sp³-hybridized carbons (Fsp3) is 0.857. The number of allylic oxidation sites excluding steroid dienone is 1. The minimum atomic E-state index is 0.757. The van der Waals surface area contributed by atoms with Gasteiger partial charge in [0.2, 0.25) is 0 Å². The number of hydrogen-bond acceptors (Lipinski definition) is 2. The Labute approximate surface area is 100 Å². The van der Waals surface area contributed by atoms with Crippen LogP contribution < -0.4 is 5.32 Å². The van der Waals surface area contributed by atoms with Crippen LogP contribution in [0.15, 0.2) is 12.2 Å². The van der Waals surface area contributed by atoms with Gasteiger partial charge in [-0.05, 0) is 58.2 Å². The average molecular weight is 222 g/mol. The van der Waals surface area contributed by atoms with Crippen LogP contribution in [0.2, 0.25) is 0 Å². The summed E-state index contributed by atoms with van der Waals surface area (Å²) in [7, 11) is 0. The maximum Gasteiger partial charge on any atom is 0.0107 e. The van der Waals surface area contributed by atoms with E-state index < -0.39 is 0 Å². The lowest BCUT2D eigenvalue weighted by Crippen LogP contribution is -2.46. The molecule has 1 unspecified atom stereocenters. The molecule has 0 spiro atoms. The van der Waals surface area contributed by atoms with Crippen molar-refractivity contribution in [1.82, 2.24) is 10.2 Å². The molecule has 0 amide bonds. The van der Waals surface area contributed by atoms with E-state index >= 15 is 0 Å². The summed E-state index contributed by atoms with van der Waals surface area (Å²) < 4.78 is 0. The topological polar surface area (TPSA) is 15.3 Å². The number of nitrogens with zero attached hydrogens (tertiary/aromatic N) is 1. The smallest absolute Gasteiger partial charge is 0.0107 e. The first-order valence-electron chi connectivity index (χ1n) is 7.02. The van der Waals surface area contributed by atoms with Crippen LogP contribution in [-0.4, -0.2) is 36.6 Å². The van der Waals surface area contributed by atoms with Gasteiger partial charge in [-0.2, -0.15) is 0 Å². The molecule has 2 rings (SSSR count). The number of nitrogens with one attached hydrogen (secondary N) is 1. The molecule has 92 valence electrons. The van der Waals surface area contributed by atoms with Crippen molar-refractivity contribution in [2.75, 3.05) is 19.6 Å². The van der Waals surface area contributed by atoms with Gasteiger partial charge in [0.15, 0.2) is 0 Å². The Balaban J connectivity index is 1.66. The summed E-state index contributed by atoms with van der Waals surface area (Å²) in [6.45, 7) is 6.17. The summed E-state index contributed by atoms with van der Waals surface area (Å²) in [5, 5.41) is 3.84. The molecular weight excluding hydrogens is 196 g/mol. The van der Waals surface area contributed by atoms with Crippen LogP contribution in [0.25, 0.3) is 0 Å². The highest BCUT2D eigenvalue weighted by atomic mass is 15.1. The first-order chi connectivity index (χ1) is 7.88. The zero-order chi connectivity index (χ0) is 11.2. The third-order valence-electron chi connectivity index (χ3n) is 3.87. The van der Waals surface area contributed by atoms with Crippen molar-refractivity contribution in [3.8, 4) is 0 Å². The highest BCUT2D eigenvalue weighted by molar-refractivity contribution is 4.94. The van der Waals surface area contributed by atoms with Crippen LogP contribution >= 0.6 is 0 Å². The summed E-state index contributed by atoms with van der Waals surface area (Å²) >= 11 is 0. The minimum Gasteiger partial charge on any atom is -0.311 e. The Kier molecular flexibility index (Phi) is 4.86. The molecule has 1 heterocycles. The van der Waals surface area contributed by atoms with Gasteiger partial charge < -0.3 is 10.2 Å². The first kappa shape index (κ1) is 12.1. The van der Waals surface area contributed by atoms with Crippen molar-refractivity contribution in [2.45, 2.75) is 57.5 Å². The lowest BCUT2D eigenvalue weighted by Gasteiger charge is -2.34. The molecule has 0 aromatic rings. The molecule has 0 radical (unpaired) electrons. The Bertz CT molecular complexity index is 217. The van der Waals surface area contributed by atoms with E-state index in [-0.39, 0.29) is 0 Å². The lowest BCUT2D eigenvalue weighted by atomic mass is 9.98. The zero-order valence-electron chi connectivity index (χ0n) is 10.6. The highest BCUT2D eigenvalue weighted by Gasteiger charge is 2.21. The minimum absolute atomic E-state index is 0.757. The van der Waals surface area contributed by atoms with E-state index in [1.807, 2.05) is 0 Å². The molecule has 0 aromatic carbocycles. The van der Waals surface area contributed by atoms with Gasteiger partial charge in [0, 0.05) is 12.1 Å². The molecule has 1 N–H and O–H groups in total. The largest absolute Gasteiger partial charge is 0.311 e. The summed E-state index contributed by atoms with van der Waals surface area (Å²) in [5.74, 6) is 0. The highest BCUT2D eigenvalue weighted by Crippen LogP contribution is 2.16. The normalized spacial score (nSPS) is 28.4. The molecule has 2 aliphatic rings. The monoisotopic (exact) mass is 222 g/mol. The predicted molar refractivity (Wildman–Crippen MR) is 69.7 cm³/mol. The van der Waals surface area contributed by atoms with Gasteiger partial charge in [-0.1, -0.05) is 19.1 Å². The van der Waals surface area contributed by atoms with Gasteiger partial charge in [-0.15, -0.1) is 0 Å². The first-order valence-corrected chi connectivity index (χ1v) is 7.02. The second-order valence-electron chi connectivity index (χ2n) is 5.26. The molecule has 1 atom stereocenters. The SMILES string of the molecule is CCCN1CCC(NC2CC=CCC2)CC1. The Morgan fingerprint density at radius 1 is 1.12 bits per heavy atom. The maximum atomic E-state index is 3.84. The van der Waals surface area contributed by atoms with E-state index in [1.165, 1.54) is 58.2 Å². The lowest BCUT2D eigenvalue weighted by molar-refractivity contribution is 0.189. The van der Waals surface area contributed by atoms with Crippen LogP contribution in [-0.2, 0) is 0 Å².